The van der Waals surface area contributed by atoms with E-state index in [9.17, 15) is 13.2 Å². The van der Waals surface area contributed by atoms with Crippen molar-refractivity contribution in [1.29, 1.82) is 0 Å². The highest BCUT2D eigenvalue weighted by Crippen LogP contribution is 2.29. The van der Waals surface area contributed by atoms with E-state index >= 15 is 0 Å². The molecule has 1 aromatic heterocycles. The minimum Gasteiger partial charge on any atom is -0.389 e. The number of thiocarbonyl (C=S) groups is 1. The molecule has 6 nitrogen and oxygen atoms in total. The van der Waals surface area contributed by atoms with Gasteiger partial charge in [0.25, 0.3) is 10.0 Å². The van der Waals surface area contributed by atoms with Gasteiger partial charge >= 0.3 is 0 Å². The molecule has 2 saturated heterocycles. The molecule has 21 heavy (non-hydrogen) atoms. The molecule has 0 aliphatic carbocycles. The number of carbonyl (C=O) groups excluding carboxylic acids is 1. The minimum atomic E-state index is -3.53. The van der Waals surface area contributed by atoms with Crippen molar-refractivity contribution < 1.29 is 13.2 Å². The van der Waals surface area contributed by atoms with Crippen molar-refractivity contribution in [1.82, 2.24) is 9.21 Å². The Balaban J connectivity index is 1.82. The van der Waals surface area contributed by atoms with Gasteiger partial charge in [-0.05, 0) is 18.6 Å². The highest BCUT2D eigenvalue weighted by molar-refractivity contribution is 7.91. The van der Waals surface area contributed by atoms with Gasteiger partial charge < -0.3 is 10.6 Å². The smallest absolute Gasteiger partial charge is 0.252 e. The lowest BCUT2D eigenvalue weighted by Crippen LogP contribution is -2.52. The molecule has 1 atom stereocenters. The molecule has 2 fully saturated rings. The van der Waals surface area contributed by atoms with Crippen LogP contribution in [0.2, 0.25) is 0 Å². The fourth-order valence-electron chi connectivity index (χ4n) is 2.77. The molecular formula is C12H15N3O3S3. The minimum absolute atomic E-state index is 0.0102. The molecule has 1 amide bonds. The van der Waals surface area contributed by atoms with Crippen LogP contribution < -0.4 is 5.73 Å². The summed E-state index contributed by atoms with van der Waals surface area (Å²) in [4.78, 5) is 14.2. The van der Waals surface area contributed by atoms with E-state index in [1.165, 1.54) is 4.31 Å². The summed E-state index contributed by atoms with van der Waals surface area (Å²) in [6.45, 7) is 1.18. The largest absolute Gasteiger partial charge is 0.389 e. The van der Waals surface area contributed by atoms with Crippen LogP contribution in [0.4, 0.5) is 0 Å². The summed E-state index contributed by atoms with van der Waals surface area (Å²) in [5.41, 5.74) is 5.52. The Kier molecular flexibility index (Phi) is 3.76. The third kappa shape index (κ3) is 2.59. The van der Waals surface area contributed by atoms with E-state index < -0.39 is 10.0 Å². The molecule has 0 bridgehead atoms. The number of sulfonamides is 1. The maximum atomic E-state index is 12.6. The first kappa shape index (κ1) is 14.9. The summed E-state index contributed by atoms with van der Waals surface area (Å²) in [6.07, 6.45) is 1.25. The maximum Gasteiger partial charge on any atom is 0.252 e. The third-order valence-electron chi connectivity index (χ3n) is 3.88. The van der Waals surface area contributed by atoms with Crippen molar-refractivity contribution in [3.8, 4) is 0 Å². The normalized spacial score (nSPS) is 23.3. The van der Waals surface area contributed by atoms with Gasteiger partial charge in [-0.1, -0.05) is 12.2 Å². The maximum absolute atomic E-state index is 12.6. The van der Waals surface area contributed by atoms with Crippen molar-refractivity contribution in [2.45, 2.75) is 23.1 Å². The van der Waals surface area contributed by atoms with E-state index in [4.69, 9.17) is 18.0 Å². The van der Waals surface area contributed by atoms with Gasteiger partial charge in [0.2, 0.25) is 5.91 Å². The monoisotopic (exact) mass is 345 g/mol. The van der Waals surface area contributed by atoms with Crippen molar-refractivity contribution >= 4 is 44.5 Å². The molecule has 9 heteroatoms. The fraction of sp³-hybridized carbons (Fsp3) is 0.500. The second kappa shape index (κ2) is 5.31. The third-order valence-corrected chi connectivity index (χ3v) is 7.68. The molecule has 2 aliphatic rings. The average molecular weight is 345 g/mol. The van der Waals surface area contributed by atoms with Crippen molar-refractivity contribution in [2.75, 3.05) is 19.6 Å². The first-order chi connectivity index (χ1) is 9.89. The summed E-state index contributed by atoms with van der Waals surface area (Å²) in [5.74, 6) is 0.129. The Labute approximate surface area is 132 Å². The number of piperazine rings is 1. The van der Waals surface area contributed by atoms with Crippen LogP contribution in [-0.4, -0.2) is 54.2 Å². The van der Waals surface area contributed by atoms with Crippen LogP contribution in [0, 0.1) is 0 Å². The number of nitrogens with zero attached hydrogens (tertiary/aromatic N) is 2. The average Bonchev–Trinajstić information content (AvgIpc) is 3.06. The highest BCUT2D eigenvalue weighted by atomic mass is 32.2. The SMILES string of the molecule is NC(=S)c1ccc(S(=O)(=O)N2CCN3C(=O)CCC3C2)s1. The molecule has 2 aliphatic heterocycles. The molecule has 114 valence electrons. The van der Waals surface area contributed by atoms with Gasteiger partial charge in [-0.3, -0.25) is 4.79 Å². The van der Waals surface area contributed by atoms with E-state index in [1.54, 1.807) is 17.0 Å². The van der Waals surface area contributed by atoms with Crippen LogP contribution in [0.3, 0.4) is 0 Å². The van der Waals surface area contributed by atoms with E-state index in [2.05, 4.69) is 0 Å². The molecule has 2 N–H and O–H groups in total. The number of nitrogens with two attached hydrogens (primary N) is 1. The zero-order valence-corrected chi connectivity index (χ0v) is 13.6. The number of amides is 1. The van der Waals surface area contributed by atoms with Crippen molar-refractivity contribution in [3.05, 3.63) is 17.0 Å². The van der Waals surface area contributed by atoms with Gasteiger partial charge in [0.1, 0.15) is 9.20 Å². The summed E-state index contributed by atoms with van der Waals surface area (Å²) in [7, 11) is -3.53. The lowest BCUT2D eigenvalue weighted by Gasteiger charge is -2.36. The molecule has 1 unspecified atom stereocenters. The molecular weight excluding hydrogens is 330 g/mol. The van der Waals surface area contributed by atoms with Gasteiger partial charge in [0.15, 0.2) is 0 Å². The number of thiophene rings is 1. The van der Waals surface area contributed by atoms with Gasteiger partial charge in [0.05, 0.1) is 4.88 Å². The van der Waals surface area contributed by atoms with Crippen molar-refractivity contribution in [3.63, 3.8) is 0 Å². The molecule has 3 heterocycles. The van der Waals surface area contributed by atoms with E-state index in [0.29, 0.717) is 30.9 Å². The predicted molar refractivity (Wildman–Crippen MR) is 83.7 cm³/mol. The number of fused-ring (bicyclic) bond motifs is 1. The predicted octanol–water partition coefficient (Wildman–Crippen LogP) is 0.378. The number of carbonyl (C=O) groups is 1. The first-order valence-electron chi connectivity index (χ1n) is 6.59. The Bertz CT molecular complexity index is 698. The van der Waals surface area contributed by atoms with Gasteiger partial charge in [-0.2, -0.15) is 4.31 Å². The van der Waals surface area contributed by atoms with Crippen LogP contribution in [0.1, 0.15) is 17.7 Å². The molecule has 0 spiro atoms. The molecule has 0 saturated carbocycles. The van der Waals surface area contributed by atoms with Crippen LogP contribution in [0.5, 0.6) is 0 Å². The first-order valence-corrected chi connectivity index (χ1v) is 9.25. The van der Waals surface area contributed by atoms with Crippen molar-refractivity contribution in [2.24, 2.45) is 5.73 Å². The van der Waals surface area contributed by atoms with Gasteiger partial charge in [-0.25, -0.2) is 8.42 Å². The van der Waals surface area contributed by atoms with Crippen LogP contribution in [0.15, 0.2) is 16.3 Å². The Morgan fingerprint density at radius 3 is 2.81 bits per heavy atom. The number of hydrogen-bond acceptors (Lipinski definition) is 5. The van der Waals surface area contributed by atoms with Crippen LogP contribution >= 0.6 is 23.6 Å². The Hall–Kier alpha value is -1.03. The number of rotatable bonds is 3. The molecule has 3 rings (SSSR count). The summed E-state index contributed by atoms with van der Waals surface area (Å²) < 4.78 is 27.0. The lowest BCUT2D eigenvalue weighted by molar-refractivity contribution is -0.130. The van der Waals surface area contributed by atoms with E-state index in [0.717, 1.165) is 17.8 Å². The second-order valence-corrected chi connectivity index (χ2v) is 8.81. The number of hydrogen-bond donors (Lipinski definition) is 1. The molecule has 1 aromatic rings. The summed E-state index contributed by atoms with van der Waals surface area (Å²) >= 11 is 5.96. The second-order valence-electron chi connectivity index (χ2n) is 5.13. The van der Waals surface area contributed by atoms with Crippen LogP contribution in [-0.2, 0) is 14.8 Å². The van der Waals surface area contributed by atoms with E-state index in [1.807, 2.05) is 0 Å². The molecule has 0 aromatic carbocycles. The zero-order valence-electron chi connectivity index (χ0n) is 11.2. The fourth-order valence-corrected chi connectivity index (χ4v) is 5.75. The highest BCUT2D eigenvalue weighted by Gasteiger charge is 2.39. The van der Waals surface area contributed by atoms with Gasteiger partial charge in [0, 0.05) is 32.1 Å². The molecule has 0 radical (unpaired) electrons. The summed E-state index contributed by atoms with van der Waals surface area (Å²) in [5, 5.41) is 0. The summed E-state index contributed by atoms with van der Waals surface area (Å²) in [6, 6.07) is 3.19. The standard InChI is InChI=1S/C12H15N3O3S3/c13-12(19)9-2-4-11(20-9)21(17,18)14-5-6-15-8(7-14)1-3-10(15)16/h2,4,8H,1,3,5-7H2,(H2,13,19). The quantitative estimate of drug-likeness (QED) is 0.801. The Morgan fingerprint density at radius 2 is 2.14 bits per heavy atom. The topological polar surface area (TPSA) is 83.7 Å². The zero-order chi connectivity index (χ0) is 15.2. The Morgan fingerprint density at radius 1 is 1.38 bits per heavy atom. The lowest BCUT2D eigenvalue weighted by atomic mass is 10.2. The van der Waals surface area contributed by atoms with E-state index in [-0.39, 0.29) is 21.1 Å². The van der Waals surface area contributed by atoms with Crippen LogP contribution in [0.25, 0.3) is 0 Å². The van der Waals surface area contributed by atoms with Gasteiger partial charge in [-0.15, -0.1) is 11.3 Å².